The second kappa shape index (κ2) is 8.39. The third-order valence-corrected chi connectivity index (χ3v) is 9.89. The monoisotopic (exact) mass is 440 g/mol. The summed E-state index contributed by atoms with van der Waals surface area (Å²) in [6.45, 7) is 1.81. The summed E-state index contributed by atoms with van der Waals surface area (Å²) in [6.07, 6.45) is 6.80. The molecule has 5 rings (SSSR count). The number of aliphatic imine (C=N–C) groups is 1. The number of nitrogens with zero attached hydrogens (tertiary/aromatic N) is 2. The summed E-state index contributed by atoms with van der Waals surface area (Å²) >= 11 is 4.28. The molecule has 0 atom stereocenters. The average molecular weight is 441 g/mol. The Hall–Kier alpha value is -1.79. The first-order valence-electron chi connectivity index (χ1n) is 10.6. The van der Waals surface area contributed by atoms with E-state index in [0.717, 1.165) is 36.7 Å². The van der Waals surface area contributed by atoms with Crippen molar-refractivity contribution in [3.63, 3.8) is 0 Å². The van der Waals surface area contributed by atoms with Crippen LogP contribution in [0.5, 0.6) is 11.5 Å². The predicted octanol–water partition coefficient (Wildman–Crippen LogP) is 5.39. The molecule has 30 heavy (non-hydrogen) atoms. The van der Waals surface area contributed by atoms with Crippen LogP contribution in [0.4, 0.5) is 5.69 Å². The molecule has 1 spiro atoms. The lowest BCUT2D eigenvalue weighted by Crippen LogP contribution is -2.29. The third kappa shape index (κ3) is 3.69. The van der Waals surface area contributed by atoms with E-state index in [1.54, 1.807) is 14.2 Å². The van der Waals surface area contributed by atoms with Gasteiger partial charge in [0.2, 0.25) is 0 Å². The highest BCUT2D eigenvalue weighted by molar-refractivity contribution is 8.20. The van der Waals surface area contributed by atoms with Crippen LogP contribution in [0.15, 0.2) is 35.3 Å². The predicted molar refractivity (Wildman–Crippen MR) is 128 cm³/mol. The Morgan fingerprint density at radius 2 is 1.73 bits per heavy atom. The zero-order valence-corrected chi connectivity index (χ0v) is 19.3. The number of methoxy groups -OCH3 is 2. The summed E-state index contributed by atoms with van der Waals surface area (Å²) in [5.74, 6) is 4.13. The van der Waals surface area contributed by atoms with E-state index in [1.165, 1.54) is 53.0 Å². The van der Waals surface area contributed by atoms with Crippen LogP contribution < -0.4 is 9.47 Å². The van der Waals surface area contributed by atoms with E-state index in [1.807, 2.05) is 6.34 Å². The molecule has 2 heterocycles. The lowest BCUT2D eigenvalue weighted by Gasteiger charge is -2.34. The molecule has 0 amide bonds. The van der Waals surface area contributed by atoms with E-state index in [0.29, 0.717) is 0 Å². The Morgan fingerprint density at radius 1 is 0.967 bits per heavy atom. The van der Waals surface area contributed by atoms with Gasteiger partial charge in [-0.15, -0.1) is 23.5 Å². The number of aryl methyl sites for hydroxylation is 1. The topological polar surface area (TPSA) is 34.1 Å². The van der Waals surface area contributed by atoms with Gasteiger partial charge in [0.25, 0.3) is 0 Å². The maximum absolute atomic E-state index is 5.48. The number of ether oxygens (including phenoxy) is 2. The molecule has 2 aliphatic heterocycles. The first kappa shape index (κ1) is 20.1. The Balaban J connectivity index is 1.35. The molecule has 158 valence electrons. The maximum atomic E-state index is 5.48. The van der Waals surface area contributed by atoms with Gasteiger partial charge in [-0.05, 0) is 72.2 Å². The third-order valence-electron chi connectivity index (χ3n) is 6.33. The fourth-order valence-corrected chi connectivity index (χ4v) is 8.20. The Labute approximate surface area is 187 Å². The Kier molecular flexibility index (Phi) is 5.63. The molecule has 0 bridgehead atoms. The van der Waals surface area contributed by atoms with Gasteiger partial charge < -0.3 is 14.4 Å². The van der Waals surface area contributed by atoms with Crippen LogP contribution >= 0.6 is 23.5 Å². The standard InChI is InChI=1S/C24H28N2O2S2/c1-27-22-12-18-7-9-26(15-19(18)13-23(22)28-2)16-25-20-6-5-17-4-3-8-24(21(17)14-20)29-10-11-30-24/h5-6,12-14,16H,3-4,7-11,15H2,1-2H3. The van der Waals surface area contributed by atoms with Gasteiger partial charge in [0.1, 0.15) is 0 Å². The number of benzene rings is 2. The fourth-order valence-electron chi connectivity index (χ4n) is 4.77. The lowest BCUT2D eigenvalue weighted by atomic mass is 9.90. The molecular formula is C24H28N2O2S2. The van der Waals surface area contributed by atoms with Crippen molar-refractivity contribution < 1.29 is 9.47 Å². The number of rotatable bonds is 4. The first-order chi connectivity index (χ1) is 14.7. The van der Waals surface area contributed by atoms with Crippen molar-refractivity contribution in [1.82, 2.24) is 4.90 Å². The molecule has 0 unspecified atom stereocenters. The molecule has 3 aliphatic rings. The van der Waals surface area contributed by atoms with Crippen LogP contribution in [0.1, 0.15) is 35.1 Å². The van der Waals surface area contributed by atoms with E-state index < -0.39 is 0 Å². The molecule has 2 aromatic rings. The van der Waals surface area contributed by atoms with Crippen molar-refractivity contribution in [2.45, 2.75) is 36.3 Å². The molecule has 0 aromatic heterocycles. The van der Waals surface area contributed by atoms with Crippen LogP contribution in [0.3, 0.4) is 0 Å². The quantitative estimate of drug-likeness (QED) is 0.470. The van der Waals surface area contributed by atoms with Gasteiger partial charge in [-0.25, -0.2) is 4.99 Å². The second-order valence-electron chi connectivity index (χ2n) is 8.09. The zero-order chi connectivity index (χ0) is 20.6. The molecule has 1 saturated heterocycles. The van der Waals surface area contributed by atoms with Crippen LogP contribution in [0.25, 0.3) is 0 Å². The second-order valence-corrected chi connectivity index (χ2v) is 11.1. The molecule has 6 heteroatoms. The van der Waals surface area contributed by atoms with Gasteiger partial charge in [0, 0.05) is 24.6 Å². The lowest BCUT2D eigenvalue weighted by molar-refractivity contribution is 0.349. The minimum Gasteiger partial charge on any atom is -0.493 e. The smallest absolute Gasteiger partial charge is 0.161 e. The molecule has 0 N–H and O–H groups in total. The van der Waals surface area contributed by atoms with Crippen molar-refractivity contribution in [1.29, 1.82) is 0 Å². The van der Waals surface area contributed by atoms with Gasteiger partial charge in [0.05, 0.1) is 30.3 Å². The van der Waals surface area contributed by atoms with Crippen LogP contribution in [-0.2, 0) is 23.5 Å². The van der Waals surface area contributed by atoms with Crippen LogP contribution in [-0.4, -0.2) is 43.5 Å². The van der Waals surface area contributed by atoms with Gasteiger partial charge in [0.15, 0.2) is 11.5 Å². The SMILES string of the molecule is COc1cc2c(cc1OC)CN(C=Nc1ccc3c(c1)C1(CCC3)SCCS1)CC2. The summed E-state index contributed by atoms with van der Waals surface area (Å²) in [5.41, 5.74) is 6.74. The number of hydrogen-bond donors (Lipinski definition) is 0. The highest BCUT2D eigenvalue weighted by atomic mass is 32.2. The average Bonchev–Trinajstić information content (AvgIpc) is 3.26. The summed E-state index contributed by atoms with van der Waals surface area (Å²) in [4.78, 5) is 7.16. The molecular weight excluding hydrogens is 412 g/mol. The van der Waals surface area contributed by atoms with E-state index in [2.05, 4.69) is 58.8 Å². The molecule has 2 aromatic carbocycles. The molecule has 4 nitrogen and oxygen atoms in total. The molecule has 0 saturated carbocycles. The zero-order valence-electron chi connectivity index (χ0n) is 17.6. The highest BCUT2D eigenvalue weighted by Crippen LogP contribution is 2.58. The van der Waals surface area contributed by atoms with E-state index in [4.69, 9.17) is 14.5 Å². The van der Waals surface area contributed by atoms with Crippen LogP contribution in [0, 0.1) is 0 Å². The summed E-state index contributed by atoms with van der Waals surface area (Å²) in [6, 6.07) is 11.1. The van der Waals surface area contributed by atoms with Crippen molar-refractivity contribution in [3.05, 3.63) is 52.6 Å². The Morgan fingerprint density at radius 3 is 2.50 bits per heavy atom. The summed E-state index contributed by atoms with van der Waals surface area (Å²) in [7, 11) is 3.38. The number of hydrogen-bond acceptors (Lipinski definition) is 5. The molecule has 0 radical (unpaired) electrons. The molecule has 1 fully saturated rings. The van der Waals surface area contributed by atoms with Gasteiger partial charge >= 0.3 is 0 Å². The summed E-state index contributed by atoms with van der Waals surface area (Å²) in [5, 5.41) is 0. The minimum atomic E-state index is 0.277. The largest absolute Gasteiger partial charge is 0.493 e. The number of fused-ring (bicyclic) bond motifs is 3. The van der Waals surface area contributed by atoms with Crippen molar-refractivity contribution in [2.75, 3.05) is 32.3 Å². The van der Waals surface area contributed by atoms with E-state index in [9.17, 15) is 0 Å². The van der Waals surface area contributed by atoms with Gasteiger partial charge in [-0.1, -0.05) is 6.07 Å². The van der Waals surface area contributed by atoms with Gasteiger partial charge in [-0.3, -0.25) is 0 Å². The van der Waals surface area contributed by atoms with E-state index in [-0.39, 0.29) is 4.08 Å². The normalized spacial score (nSPS) is 19.7. The van der Waals surface area contributed by atoms with Crippen LogP contribution in [0.2, 0.25) is 0 Å². The highest BCUT2D eigenvalue weighted by Gasteiger charge is 2.40. The van der Waals surface area contributed by atoms with Crippen molar-refractivity contribution in [2.24, 2.45) is 4.99 Å². The van der Waals surface area contributed by atoms with Gasteiger partial charge in [-0.2, -0.15) is 0 Å². The minimum absolute atomic E-state index is 0.277. The number of thioether (sulfide) groups is 2. The fraction of sp³-hybridized carbons (Fsp3) is 0.458. The van der Waals surface area contributed by atoms with E-state index >= 15 is 0 Å². The van der Waals surface area contributed by atoms with Crippen molar-refractivity contribution >= 4 is 35.5 Å². The maximum Gasteiger partial charge on any atom is 0.161 e. The summed E-state index contributed by atoms with van der Waals surface area (Å²) < 4.78 is 11.2. The first-order valence-corrected chi connectivity index (χ1v) is 12.6. The molecule has 1 aliphatic carbocycles. The Bertz CT molecular complexity index is 970. The van der Waals surface area contributed by atoms with Crippen molar-refractivity contribution in [3.8, 4) is 11.5 Å².